The van der Waals surface area contributed by atoms with Crippen LogP contribution in [0.4, 0.5) is 0 Å². The Kier molecular flexibility index (Phi) is 9.15. The van der Waals surface area contributed by atoms with Crippen molar-refractivity contribution < 1.29 is 14.2 Å². The monoisotopic (exact) mass is 282 g/mol. The number of pyridine rings is 1. The SMILES string of the molecule is CCC(N)C(OCCOCCCOC)c1cccnc1. The van der Waals surface area contributed by atoms with Crippen LogP contribution in [0.15, 0.2) is 24.5 Å². The van der Waals surface area contributed by atoms with E-state index in [9.17, 15) is 0 Å². The maximum absolute atomic E-state index is 6.12. The van der Waals surface area contributed by atoms with Crippen molar-refractivity contribution in [1.29, 1.82) is 0 Å². The van der Waals surface area contributed by atoms with E-state index in [1.54, 1.807) is 19.5 Å². The molecule has 1 aromatic heterocycles. The van der Waals surface area contributed by atoms with Gasteiger partial charge >= 0.3 is 0 Å². The number of nitrogens with zero attached hydrogens (tertiary/aromatic N) is 1. The normalized spacial score (nSPS) is 14.2. The molecule has 0 aromatic carbocycles. The van der Waals surface area contributed by atoms with Gasteiger partial charge in [-0.25, -0.2) is 0 Å². The smallest absolute Gasteiger partial charge is 0.0991 e. The molecule has 0 aliphatic heterocycles. The van der Waals surface area contributed by atoms with Gasteiger partial charge in [-0.05, 0) is 18.9 Å². The summed E-state index contributed by atoms with van der Waals surface area (Å²) in [6.45, 7) is 4.56. The zero-order valence-corrected chi connectivity index (χ0v) is 12.5. The number of ether oxygens (including phenoxy) is 3. The van der Waals surface area contributed by atoms with E-state index < -0.39 is 0 Å². The van der Waals surface area contributed by atoms with E-state index in [0.29, 0.717) is 19.8 Å². The second-order valence-electron chi connectivity index (χ2n) is 4.61. The van der Waals surface area contributed by atoms with Gasteiger partial charge in [-0.3, -0.25) is 4.98 Å². The van der Waals surface area contributed by atoms with Gasteiger partial charge in [0, 0.05) is 44.3 Å². The highest BCUT2D eigenvalue weighted by Crippen LogP contribution is 2.20. The van der Waals surface area contributed by atoms with E-state index in [0.717, 1.165) is 25.0 Å². The Bertz CT molecular complexity index is 335. The molecular formula is C15H26N2O3. The quantitative estimate of drug-likeness (QED) is 0.628. The van der Waals surface area contributed by atoms with Gasteiger partial charge in [0.25, 0.3) is 0 Å². The Labute approximate surface area is 121 Å². The van der Waals surface area contributed by atoms with Crippen molar-refractivity contribution in [3.05, 3.63) is 30.1 Å². The molecule has 2 unspecified atom stereocenters. The predicted octanol–water partition coefficient (Wildman–Crippen LogP) is 1.93. The summed E-state index contributed by atoms with van der Waals surface area (Å²) in [6.07, 6.45) is 5.18. The van der Waals surface area contributed by atoms with E-state index >= 15 is 0 Å². The van der Waals surface area contributed by atoms with Crippen molar-refractivity contribution in [2.75, 3.05) is 33.5 Å². The fourth-order valence-electron chi connectivity index (χ4n) is 1.87. The highest BCUT2D eigenvalue weighted by molar-refractivity contribution is 5.14. The van der Waals surface area contributed by atoms with Gasteiger partial charge in [0.1, 0.15) is 0 Å². The Hall–Kier alpha value is -1.01. The maximum Gasteiger partial charge on any atom is 0.0991 e. The highest BCUT2D eigenvalue weighted by Gasteiger charge is 2.19. The minimum absolute atomic E-state index is 0.0345. The summed E-state index contributed by atoms with van der Waals surface area (Å²) in [5.41, 5.74) is 7.13. The number of nitrogens with two attached hydrogens (primary N) is 1. The van der Waals surface area contributed by atoms with Crippen LogP contribution in [-0.2, 0) is 14.2 Å². The Morgan fingerprint density at radius 3 is 2.75 bits per heavy atom. The van der Waals surface area contributed by atoms with Crippen molar-refractivity contribution in [2.24, 2.45) is 5.73 Å². The Balaban J connectivity index is 2.32. The molecule has 0 amide bonds. The second kappa shape index (κ2) is 10.7. The molecule has 2 N–H and O–H groups in total. The van der Waals surface area contributed by atoms with Crippen molar-refractivity contribution in [2.45, 2.75) is 31.9 Å². The van der Waals surface area contributed by atoms with Crippen LogP contribution in [0, 0.1) is 0 Å². The van der Waals surface area contributed by atoms with Gasteiger partial charge in [0.15, 0.2) is 0 Å². The average Bonchev–Trinajstić information content (AvgIpc) is 2.50. The lowest BCUT2D eigenvalue weighted by Crippen LogP contribution is -2.30. The third-order valence-electron chi connectivity index (χ3n) is 3.04. The molecule has 1 rings (SSSR count). The topological polar surface area (TPSA) is 66.6 Å². The van der Waals surface area contributed by atoms with Gasteiger partial charge in [0.2, 0.25) is 0 Å². The fraction of sp³-hybridized carbons (Fsp3) is 0.667. The number of aromatic nitrogens is 1. The van der Waals surface area contributed by atoms with E-state index in [1.165, 1.54) is 0 Å². The minimum Gasteiger partial charge on any atom is -0.385 e. The molecule has 2 atom stereocenters. The lowest BCUT2D eigenvalue weighted by Gasteiger charge is -2.23. The van der Waals surface area contributed by atoms with Crippen LogP contribution in [0.3, 0.4) is 0 Å². The van der Waals surface area contributed by atoms with Crippen LogP contribution >= 0.6 is 0 Å². The molecule has 0 bridgehead atoms. The third kappa shape index (κ3) is 6.43. The summed E-state index contributed by atoms with van der Waals surface area (Å²) in [4.78, 5) is 4.12. The lowest BCUT2D eigenvalue weighted by atomic mass is 10.0. The molecule has 114 valence electrons. The van der Waals surface area contributed by atoms with Crippen LogP contribution in [0.25, 0.3) is 0 Å². The molecule has 0 aliphatic carbocycles. The standard InChI is InChI=1S/C15H26N2O3/c1-3-14(16)15(13-6-4-7-17-12-13)20-11-10-19-9-5-8-18-2/h4,6-7,12,14-15H,3,5,8-11,16H2,1-2H3. The van der Waals surface area contributed by atoms with Gasteiger partial charge < -0.3 is 19.9 Å². The molecule has 0 spiro atoms. The predicted molar refractivity (Wildman–Crippen MR) is 78.5 cm³/mol. The molecular weight excluding hydrogens is 256 g/mol. The molecule has 1 heterocycles. The molecule has 0 fully saturated rings. The molecule has 5 heteroatoms. The molecule has 0 radical (unpaired) electrons. The van der Waals surface area contributed by atoms with Crippen LogP contribution in [0.5, 0.6) is 0 Å². The fourth-order valence-corrected chi connectivity index (χ4v) is 1.87. The lowest BCUT2D eigenvalue weighted by molar-refractivity contribution is -0.0105. The van der Waals surface area contributed by atoms with Crippen LogP contribution in [0.1, 0.15) is 31.4 Å². The second-order valence-corrected chi connectivity index (χ2v) is 4.61. The van der Waals surface area contributed by atoms with Gasteiger partial charge in [-0.15, -0.1) is 0 Å². The molecule has 0 saturated heterocycles. The van der Waals surface area contributed by atoms with E-state index in [1.807, 2.05) is 12.1 Å². The Morgan fingerprint density at radius 2 is 2.10 bits per heavy atom. The summed E-state index contributed by atoms with van der Waals surface area (Å²) < 4.78 is 16.3. The van der Waals surface area contributed by atoms with E-state index in [-0.39, 0.29) is 12.1 Å². The number of rotatable bonds is 11. The number of hydrogen-bond acceptors (Lipinski definition) is 5. The number of hydrogen-bond donors (Lipinski definition) is 1. The highest BCUT2D eigenvalue weighted by atomic mass is 16.5. The summed E-state index contributed by atoms with van der Waals surface area (Å²) in [5, 5.41) is 0. The van der Waals surface area contributed by atoms with Gasteiger partial charge in [0.05, 0.1) is 19.3 Å². The summed E-state index contributed by atoms with van der Waals surface area (Å²) in [5.74, 6) is 0. The van der Waals surface area contributed by atoms with Crippen molar-refractivity contribution >= 4 is 0 Å². The summed E-state index contributed by atoms with van der Waals surface area (Å²) >= 11 is 0. The third-order valence-corrected chi connectivity index (χ3v) is 3.04. The maximum atomic E-state index is 6.12. The number of methoxy groups -OCH3 is 1. The largest absolute Gasteiger partial charge is 0.385 e. The first-order valence-corrected chi connectivity index (χ1v) is 7.13. The van der Waals surface area contributed by atoms with Gasteiger partial charge in [-0.2, -0.15) is 0 Å². The Morgan fingerprint density at radius 1 is 1.25 bits per heavy atom. The van der Waals surface area contributed by atoms with E-state index in [4.69, 9.17) is 19.9 Å². The molecule has 0 saturated carbocycles. The first kappa shape index (κ1) is 17.0. The first-order valence-electron chi connectivity index (χ1n) is 7.13. The van der Waals surface area contributed by atoms with Crippen molar-refractivity contribution in [3.63, 3.8) is 0 Å². The molecule has 5 nitrogen and oxygen atoms in total. The minimum atomic E-state index is -0.128. The van der Waals surface area contributed by atoms with Crippen LogP contribution in [-0.4, -0.2) is 44.6 Å². The van der Waals surface area contributed by atoms with E-state index in [2.05, 4.69) is 11.9 Å². The zero-order chi connectivity index (χ0) is 14.6. The van der Waals surface area contributed by atoms with Crippen molar-refractivity contribution in [3.8, 4) is 0 Å². The van der Waals surface area contributed by atoms with Crippen LogP contribution in [0.2, 0.25) is 0 Å². The summed E-state index contributed by atoms with van der Waals surface area (Å²) in [7, 11) is 1.69. The first-order chi connectivity index (χ1) is 9.79. The molecule has 20 heavy (non-hydrogen) atoms. The van der Waals surface area contributed by atoms with Crippen LogP contribution < -0.4 is 5.73 Å². The average molecular weight is 282 g/mol. The zero-order valence-electron chi connectivity index (χ0n) is 12.5. The molecule has 0 aliphatic rings. The summed E-state index contributed by atoms with van der Waals surface area (Å²) in [6, 6.07) is 3.86. The van der Waals surface area contributed by atoms with Gasteiger partial charge in [-0.1, -0.05) is 13.0 Å². The van der Waals surface area contributed by atoms with Crippen molar-refractivity contribution in [1.82, 2.24) is 4.98 Å². The molecule has 1 aromatic rings.